The van der Waals surface area contributed by atoms with Gasteiger partial charge in [0.1, 0.15) is 0 Å². The molecule has 1 N–H and O–H groups in total. The molecule has 0 atom stereocenters. The molecule has 3 rings (SSSR count). The van der Waals surface area contributed by atoms with E-state index in [9.17, 15) is 18.0 Å². The lowest BCUT2D eigenvalue weighted by Crippen LogP contribution is -2.29. The van der Waals surface area contributed by atoms with Crippen LogP contribution in [-0.4, -0.2) is 36.9 Å². The van der Waals surface area contributed by atoms with Gasteiger partial charge in [-0.1, -0.05) is 5.16 Å². The lowest BCUT2D eigenvalue weighted by Gasteiger charge is -2.14. The molecule has 0 aliphatic carbocycles. The maximum Gasteiger partial charge on any atom is 0.240 e. The third-order valence-corrected chi connectivity index (χ3v) is 5.36. The molecule has 26 heavy (non-hydrogen) atoms. The molecule has 2 amide bonds. The van der Waals surface area contributed by atoms with E-state index in [0.717, 1.165) is 4.90 Å². The molecular weight excluding hydrogens is 360 g/mol. The molecule has 1 fully saturated rings. The van der Waals surface area contributed by atoms with E-state index in [1.165, 1.54) is 24.3 Å². The van der Waals surface area contributed by atoms with E-state index in [1.807, 2.05) is 0 Å². The minimum absolute atomic E-state index is 0.0639. The second-order valence-electron chi connectivity index (χ2n) is 5.85. The molecular formula is C16H18N4O5S. The lowest BCUT2D eigenvalue weighted by molar-refractivity contribution is -0.121. The molecule has 9 nitrogen and oxygen atoms in total. The summed E-state index contributed by atoms with van der Waals surface area (Å²) >= 11 is 0. The highest BCUT2D eigenvalue weighted by molar-refractivity contribution is 7.89. The van der Waals surface area contributed by atoms with Gasteiger partial charge in [-0.25, -0.2) is 13.1 Å². The van der Waals surface area contributed by atoms with Gasteiger partial charge in [0.05, 0.1) is 10.6 Å². The minimum Gasteiger partial charge on any atom is -0.339 e. The van der Waals surface area contributed by atoms with Crippen molar-refractivity contribution in [1.82, 2.24) is 14.9 Å². The first-order valence-electron chi connectivity index (χ1n) is 8.11. The molecule has 0 saturated carbocycles. The molecule has 1 aromatic heterocycles. The van der Waals surface area contributed by atoms with Crippen LogP contribution in [0.25, 0.3) is 0 Å². The quantitative estimate of drug-likeness (QED) is 0.562. The van der Waals surface area contributed by atoms with Crippen LogP contribution in [-0.2, 0) is 26.0 Å². The first-order valence-corrected chi connectivity index (χ1v) is 9.60. The van der Waals surface area contributed by atoms with Gasteiger partial charge < -0.3 is 4.52 Å². The normalized spacial score (nSPS) is 15.0. The summed E-state index contributed by atoms with van der Waals surface area (Å²) in [5, 5.41) is 3.67. The van der Waals surface area contributed by atoms with Gasteiger partial charge in [-0.15, -0.1) is 0 Å². The third-order valence-electron chi connectivity index (χ3n) is 3.89. The van der Waals surface area contributed by atoms with Crippen LogP contribution in [0.2, 0.25) is 0 Å². The fourth-order valence-corrected chi connectivity index (χ4v) is 3.68. The van der Waals surface area contributed by atoms with E-state index in [0.29, 0.717) is 30.2 Å². The largest absolute Gasteiger partial charge is 0.339 e. The van der Waals surface area contributed by atoms with Crippen molar-refractivity contribution < 1.29 is 22.5 Å². The second kappa shape index (κ2) is 7.34. The molecule has 10 heteroatoms. The molecule has 0 spiro atoms. The molecule has 1 aliphatic heterocycles. The number of nitrogens with one attached hydrogen (secondary N) is 1. The highest BCUT2D eigenvalue weighted by atomic mass is 32.2. The maximum atomic E-state index is 12.3. The highest BCUT2D eigenvalue weighted by Gasteiger charge is 2.30. The predicted molar refractivity (Wildman–Crippen MR) is 90.7 cm³/mol. The molecule has 0 unspecified atom stereocenters. The van der Waals surface area contributed by atoms with Gasteiger partial charge in [0, 0.05) is 25.8 Å². The highest BCUT2D eigenvalue weighted by Crippen LogP contribution is 2.23. The van der Waals surface area contributed by atoms with Crippen LogP contribution in [0.5, 0.6) is 0 Å². The van der Waals surface area contributed by atoms with E-state index < -0.39 is 10.0 Å². The van der Waals surface area contributed by atoms with Crippen molar-refractivity contribution in [2.75, 3.05) is 11.4 Å². The van der Waals surface area contributed by atoms with E-state index in [-0.39, 0.29) is 36.1 Å². The summed E-state index contributed by atoms with van der Waals surface area (Å²) in [6, 6.07) is 5.66. The van der Waals surface area contributed by atoms with Gasteiger partial charge in [0.2, 0.25) is 27.7 Å². The van der Waals surface area contributed by atoms with Crippen LogP contribution in [0.4, 0.5) is 5.69 Å². The monoisotopic (exact) mass is 378 g/mol. The number of aryl methyl sites for hydroxylation is 2. The first kappa shape index (κ1) is 18.2. The van der Waals surface area contributed by atoms with Crippen molar-refractivity contribution in [2.24, 2.45) is 0 Å². The van der Waals surface area contributed by atoms with Crippen molar-refractivity contribution in [2.45, 2.75) is 37.5 Å². The third kappa shape index (κ3) is 3.97. The summed E-state index contributed by atoms with van der Waals surface area (Å²) in [4.78, 5) is 28.6. The van der Waals surface area contributed by atoms with Crippen molar-refractivity contribution in [1.29, 1.82) is 0 Å². The number of rotatable bonds is 7. The second-order valence-corrected chi connectivity index (χ2v) is 7.62. The smallest absolute Gasteiger partial charge is 0.240 e. The Labute approximate surface area is 150 Å². The predicted octanol–water partition coefficient (Wildman–Crippen LogP) is 0.943. The van der Waals surface area contributed by atoms with Gasteiger partial charge in [-0.2, -0.15) is 4.98 Å². The van der Waals surface area contributed by atoms with Crippen LogP contribution >= 0.6 is 0 Å². The molecule has 0 bridgehead atoms. The minimum atomic E-state index is -3.68. The Hall–Kier alpha value is -2.59. The average molecular weight is 378 g/mol. The van der Waals surface area contributed by atoms with E-state index in [4.69, 9.17) is 4.52 Å². The zero-order chi connectivity index (χ0) is 18.7. The van der Waals surface area contributed by atoms with Gasteiger partial charge in [0.25, 0.3) is 0 Å². The fourth-order valence-electron chi connectivity index (χ4n) is 2.61. The summed E-state index contributed by atoms with van der Waals surface area (Å²) in [5.74, 6) is 0.446. The zero-order valence-electron chi connectivity index (χ0n) is 14.1. The molecule has 1 aromatic carbocycles. The number of benzene rings is 1. The van der Waals surface area contributed by atoms with E-state index >= 15 is 0 Å². The number of hydrogen-bond acceptors (Lipinski definition) is 7. The van der Waals surface area contributed by atoms with E-state index in [1.54, 1.807) is 6.92 Å². The SMILES string of the molecule is Cc1noc(CCCNS(=O)(=O)c2ccc(N3C(=O)CCC3=O)cc2)n1. The standard InChI is InChI=1S/C16H18N4O5S/c1-11-18-14(25-19-11)3-2-10-17-26(23,24)13-6-4-12(5-7-13)20-15(21)8-9-16(20)22/h4-7,17H,2-3,8-10H2,1H3. The molecule has 2 heterocycles. The van der Waals surface area contributed by atoms with Crippen molar-refractivity contribution in [3.05, 3.63) is 36.0 Å². The molecule has 1 aliphatic rings. The summed E-state index contributed by atoms with van der Waals surface area (Å²) < 4.78 is 32.1. The number of amides is 2. The number of carbonyl (C=O) groups is 2. The van der Waals surface area contributed by atoms with Gasteiger partial charge >= 0.3 is 0 Å². The van der Waals surface area contributed by atoms with Gasteiger partial charge in [-0.05, 0) is 37.6 Å². The number of hydrogen-bond donors (Lipinski definition) is 1. The van der Waals surface area contributed by atoms with Crippen LogP contribution < -0.4 is 9.62 Å². The van der Waals surface area contributed by atoms with Crippen LogP contribution in [0.15, 0.2) is 33.7 Å². The summed E-state index contributed by atoms with van der Waals surface area (Å²) in [6.45, 7) is 1.93. The Kier molecular flexibility index (Phi) is 5.14. The number of anilines is 1. The number of imide groups is 1. The van der Waals surface area contributed by atoms with Crippen molar-refractivity contribution in [3.8, 4) is 0 Å². The number of nitrogens with zero attached hydrogens (tertiary/aromatic N) is 3. The van der Waals surface area contributed by atoms with Crippen molar-refractivity contribution >= 4 is 27.5 Å². The maximum absolute atomic E-state index is 12.3. The Morgan fingerprint density at radius 1 is 1.15 bits per heavy atom. The average Bonchev–Trinajstić information content (AvgIpc) is 3.17. The van der Waals surface area contributed by atoms with Gasteiger partial charge in [-0.3, -0.25) is 14.5 Å². The first-order chi connectivity index (χ1) is 12.4. The summed E-state index contributed by atoms with van der Waals surface area (Å²) in [7, 11) is -3.68. The Morgan fingerprint density at radius 3 is 2.38 bits per heavy atom. The zero-order valence-corrected chi connectivity index (χ0v) is 15.0. The van der Waals surface area contributed by atoms with Crippen LogP contribution in [0.1, 0.15) is 31.0 Å². The van der Waals surface area contributed by atoms with E-state index in [2.05, 4.69) is 14.9 Å². The van der Waals surface area contributed by atoms with Gasteiger partial charge in [0.15, 0.2) is 5.82 Å². The summed E-state index contributed by atoms with van der Waals surface area (Å²) in [5.41, 5.74) is 0.378. The molecule has 1 saturated heterocycles. The van der Waals surface area contributed by atoms with Crippen LogP contribution in [0.3, 0.4) is 0 Å². The fraction of sp³-hybridized carbons (Fsp3) is 0.375. The number of sulfonamides is 1. The number of aromatic nitrogens is 2. The van der Waals surface area contributed by atoms with Crippen LogP contribution in [0, 0.1) is 6.92 Å². The Bertz CT molecular complexity index is 904. The molecule has 138 valence electrons. The Balaban J connectivity index is 1.58. The molecule has 2 aromatic rings. The summed E-state index contributed by atoms with van der Waals surface area (Å²) in [6.07, 6.45) is 1.34. The molecule has 0 radical (unpaired) electrons. The number of carbonyl (C=O) groups excluding carboxylic acids is 2. The van der Waals surface area contributed by atoms with Crippen molar-refractivity contribution in [3.63, 3.8) is 0 Å². The Morgan fingerprint density at radius 2 is 1.81 bits per heavy atom. The topological polar surface area (TPSA) is 122 Å². The lowest BCUT2D eigenvalue weighted by atomic mass is 10.3.